The van der Waals surface area contributed by atoms with Crippen molar-refractivity contribution in [1.29, 1.82) is 0 Å². The van der Waals surface area contributed by atoms with Gasteiger partial charge in [0.25, 0.3) is 0 Å². The van der Waals surface area contributed by atoms with E-state index in [-0.39, 0.29) is 6.54 Å². The molecule has 0 aromatic carbocycles. The van der Waals surface area contributed by atoms with Crippen LogP contribution < -0.4 is 0 Å². The van der Waals surface area contributed by atoms with Crippen molar-refractivity contribution < 1.29 is 13.2 Å². The van der Waals surface area contributed by atoms with Crippen LogP contribution in [0.3, 0.4) is 0 Å². The highest BCUT2D eigenvalue weighted by Gasteiger charge is 2.35. The summed E-state index contributed by atoms with van der Waals surface area (Å²) in [5, 5.41) is 0. The second kappa shape index (κ2) is 2.46. The Balaban J connectivity index is 2.97. The zero-order valence-corrected chi connectivity index (χ0v) is 7.26. The van der Waals surface area contributed by atoms with Gasteiger partial charge in [0.15, 0.2) is 0 Å². The second-order valence-electron chi connectivity index (χ2n) is 2.42. The normalized spacial score (nSPS) is 24.0. The number of hydrogen-bond acceptors (Lipinski definition) is 3. The van der Waals surface area contributed by atoms with Gasteiger partial charge in [-0.15, -0.1) is 0 Å². The number of likely N-dealkylation sites (N-methyl/N-ethyl adjacent to an activating group) is 1. The van der Waals surface area contributed by atoms with Crippen LogP contribution in [0.1, 0.15) is 6.92 Å². The Morgan fingerprint density at radius 2 is 1.91 bits per heavy atom. The van der Waals surface area contributed by atoms with E-state index in [0.717, 1.165) is 8.61 Å². The van der Waals surface area contributed by atoms with E-state index in [4.69, 9.17) is 0 Å². The number of carbonyl (C=O) groups excluding carboxylic acids is 1. The van der Waals surface area contributed by atoms with E-state index in [1.807, 2.05) is 0 Å². The molecule has 0 bridgehead atoms. The van der Waals surface area contributed by atoms with E-state index < -0.39 is 16.1 Å². The van der Waals surface area contributed by atoms with E-state index in [2.05, 4.69) is 0 Å². The summed E-state index contributed by atoms with van der Waals surface area (Å²) in [7, 11) is -1.99. The van der Waals surface area contributed by atoms with Crippen LogP contribution in [0.25, 0.3) is 0 Å². The Kier molecular flexibility index (Phi) is 1.89. The molecular weight excluding hydrogens is 168 g/mol. The molecule has 0 radical (unpaired) electrons. The van der Waals surface area contributed by atoms with Gasteiger partial charge >= 0.3 is 10.2 Å². The van der Waals surface area contributed by atoms with Crippen molar-refractivity contribution in [2.75, 3.05) is 20.1 Å². The predicted molar refractivity (Wildman–Crippen MR) is 38.9 cm³/mol. The zero-order chi connectivity index (χ0) is 8.65. The van der Waals surface area contributed by atoms with Crippen LogP contribution in [0.4, 0.5) is 0 Å². The van der Waals surface area contributed by atoms with Crippen LogP contribution in [0.15, 0.2) is 0 Å². The predicted octanol–water partition coefficient (Wildman–Crippen LogP) is -0.975. The van der Waals surface area contributed by atoms with Gasteiger partial charge in [0, 0.05) is 20.5 Å². The third-order valence-corrected chi connectivity index (χ3v) is 3.61. The van der Waals surface area contributed by atoms with Gasteiger partial charge in [0.1, 0.15) is 0 Å². The van der Waals surface area contributed by atoms with Crippen molar-refractivity contribution >= 4 is 16.1 Å². The summed E-state index contributed by atoms with van der Waals surface area (Å²) in [6.45, 7) is 1.91. The Hall–Kier alpha value is -0.620. The monoisotopic (exact) mass is 178 g/mol. The molecule has 0 N–H and O–H groups in total. The molecule has 64 valence electrons. The molecule has 0 aliphatic carbocycles. The molecule has 0 aromatic rings. The SMILES string of the molecule is CC(=O)N1CCN(C)S1(=O)=O. The summed E-state index contributed by atoms with van der Waals surface area (Å²) >= 11 is 0. The van der Waals surface area contributed by atoms with E-state index in [0.29, 0.717) is 6.54 Å². The molecular formula is C5H10N2O3S. The Bertz CT molecular complexity index is 271. The number of hydrogen-bond donors (Lipinski definition) is 0. The van der Waals surface area contributed by atoms with Crippen molar-refractivity contribution in [3.05, 3.63) is 0 Å². The Morgan fingerprint density at radius 3 is 2.09 bits per heavy atom. The average Bonchev–Trinajstić information content (AvgIpc) is 2.08. The molecule has 0 aromatic heterocycles. The molecule has 0 unspecified atom stereocenters. The second-order valence-corrected chi connectivity index (χ2v) is 4.38. The van der Waals surface area contributed by atoms with Crippen LogP contribution in [-0.2, 0) is 15.0 Å². The van der Waals surface area contributed by atoms with Crippen LogP contribution in [-0.4, -0.2) is 43.1 Å². The minimum absolute atomic E-state index is 0.272. The van der Waals surface area contributed by atoms with Crippen LogP contribution in [0, 0.1) is 0 Å². The van der Waals surface area contributed by atoms with Crippen molar-refractivity contribution in [3.63, 3.8) is 0 Å². The van der Waals surface area contributed by atoms with E-state index in [1.165, 1.54) is 14.0 Å². The smallest absolute Gasteiger partial charge is 0.274 e. The first kappa shape index (κ1) is 8.48. The minimum atomic E-state index is -3.45. The molecule has 0 atom stereocenters. The van der Waals surface area contributed by atoms with Crippen LogP contribution in [0.2, 0.25) is 0 Å². The lowest BCUT2D eigenvalue weighted by Gasteiger charge is -2.12. The van der Waals surface area contributed by atoms with Crippen LogP contribution >= 0.6 is 0 Å². The van der Waals surface area contributed by atoms with Crippen LogP contribution in [0.5, 0.6) is 0 Å². The summed E-state index contributed by atoms with van der Waals surface area (Å²) < 4.78 is 24.4. The molecule has 1 fully saturated rings. The standard InChI is InChI=1S/C5H10N2O3S/c1-5(8)7-4-3-6(2)11(7,9)10/h3-4H2,1-2H3. The van der Waals surface area contributed by atoms with E-state index in [1.54, 1.807) is 0 Å². The molecule has 5 nitrogen and oxygen atoms in total. The summed E-state index contributed by atoms with van der Waals surface area (Å²) in [5.74, 6) is -0.422. The average molecular weight is 178 g/mol. The molecule has 1 rings (SSSR count). The highest BCUT2D eigenvalue weighted by atomic mass is 32.2. The lowest BCUT2D eigenvalue weighted by atomic mass is 10.6. The largest absolute Gasteiger partial charge is 0.306 e. The zero-order valence-electron chi connectivity index (χ0n) is 6.44. The first-order valence-electron chi connectivity index (χ1n) is 3.21. The molecule has 1 aliphatic heterocycles. The molecule has 1 saturated heterocycles. The quantitative estimate of drug-likeness (QED) is 0.479. The fourth-order valence-corrected chi connectivity index (χ4v) is 2.24. The minimum Gasteiger partial charge on any atom is -0.274 e. The molecule has 1 aliphatic rings. The summed E-state index contributed by atoms with van der Waals surface area (Å²) in [5.41, 5.74) is 0. The first-order chi connectivity index (χ1) is 4.96. The number of rotatable bonds is 0. The number of nitrogens with zero attached hydrogens (tertiary/aromatic N) is 2. The summed E-state index contributed by atoms with van der Waals surface area (Å²) in [6.07, 6.45) is 0. The van der Waals surface area contributed by atoms with Crippen molar-refractivity contribution in [2.24, 2.45) is 0 Å². The maximum Gasteiger partial charge on any atom is 0.306 e. The third-order valence-electron chi connectivity index (χ3n) is 1.64. The topological polar surface area (TPSA) is 57.7 Å². The third kappa shape index (κ3) is 1.23. The number of carbonyl (C=O) groups is 1. The van der Waals surface area contributed by atoms with Gasteiger partial charge in [0.2, 0.25) is 5.91 Å². The first-order valence-corrected chi connectivity index (χ1v) is 4.60. The maximum absolute atomic E-state index is 11.2. The molecule has 6 heteroatoms. The lowest BCUT2D eigenvalue weighted by molar-refractivity contribution is -0.123. The highest BCUT2D eigenvalue weighted by molar-refractivity contribution is 7.87. The molecule has 1 heterocycles. The van der Waals surface area contributed by atoms with Crippen molar-refractivity contribution in [3.8, 4) is 0 Å². The fourth-order valence-electron chi connectivity index (χ4n) is 0.951. The molecule has 0 saturated carbocycles. The Labute approximate surface area is 65.8 Å². The van der Waals surface area contributed by atoms with E-state index in [9.17, 15) is 13.2 Å². The molecule has 11 heavy (non-hydrogen) atoms. The highest BCUT2D eigenvalue weighted by Crippen LogP contribution is 2.13. The Morgan fingerprint density at radius 1 is 1.36 bits per heavy atom. The van der Waals surface area contributed by atoms with Gasteiger partial charge in [-0.25, -0.2) is 4.31 Å². The van der Waals surface area contributed by atoms with Gasteiger partial charge in [-0.05, 0) is 0 Å². The number of amides is 1. The fraction of sp³-hybridized carbons (Fsp3) is 0.800. The van der Waals surface area contributed by atoms with E-state index >= 15 is 0 Å². The summed E-state index contributed by atoms with van der Waals surface area (Å²) in [6, 6.07) is 0. The van der Waals surface area contributed by atoms with Gasteiger partial charge in [-0.2, -0.15) is 12.7 Å². The summed E-state index contributed by atoms with van der Waals surface area (Å²) in [4.78, 5) is 10.7. The lowest BCUT2D eigenvalue weighted by Crippen LogP contribution is -2.34. The maximum atomic E-state index is 11.2. The molecule has 0 spiro atoms. The van der Waals surface area contributed by atoms with Crippen molar-refractivity contribution in [2.45, 2.75) is 6.92 Å². The van der Waals surface area contributed by atoms with Gasteiger partial charge in [-0.3, -0.25) is 4.79 Å². The molecule has 1 amide bonds. The van der Waals surface area contributed by atoms with Gasteiger partial charge in [0.05, 0.1) is 6.54 Å². The van der Waals surface area contributed by atoms with Gasteiger partial charge in [-0.1, -0.05) is 0 Å². The van der Waals surface area contributed by atoms with Crippen molar-refractivity contribution in [1.82, 2.24) is 8.61 Å². The van der Waals surface area contributed by atoms with Gasteiger partial charge < -0.3 is 0 Å².